The lowest BCUT2D eigenvalue weighted by atomic mass is 10.0. The third-order valence-corrected chi connectivity index (χ3v) is 4.93. The van der Waals surface area contributed by atoms with E-state index in [4.69, 9.17) is 0 Å². The molecule has 0 radical (unpaired) electrons. The lowest BCUT2D eigenvalue weighted by molar-refractivity contribution is -0.116. The molecule has 0 bridgehead atoms. The van der Waals surface area contributed by atoms with Crippen LogP contribution >= 0.6 is 11.8 Å². The summed E-state index contributed by atoms with van der Waals surface area (Å²) in [4.78, 5) is 11.3. The van der Waals surface area contributed by atoms with Crippen molar-refractivity contribution in [2.75, 3.05) is 16.4 Å². The lowest BCUT2D eigenvalue weighted by Crippen LogP contribution is -2.21. The van der Waals surface area contributed by atoms with Crippen molar-refractivity contribution in [3.8, 4) is 0 Å². The molecular weight excluding hydrogens is 244 g/mol. The molecule has 2 unspecified atom stereocenters. The van der Waals surface area contributed by atoms with E-state index in [-0.39, 0.29) is 5.91 Å². The highest BCUT2D eigenvalue weighted by atomic mass is 32.2. The van der Waals surface area contributed by atoms with Gasteiger partial charge < -0.3 is 10.6 Å². The molecule has 2 N–H and O–H groups in total. The first-order valence-corrected chi connectivity index (χ1v) is 7.56. The van der Waals surface area contributed by atoms with E-state index in [1.165, 1.54) is 23.4 Å². The number of hydrogen-bond donors (Lipinski definition) is 2. The van der Waals surface area contributed by atoms with Gasteiger partial charge in [-0.3, -0.25) is 4.79 Å². The summed E-state index contributed by atoms with van der Waals surface area (Å²) in [6, 6.07) is 6.85. The van der Waals surface area contributed by atoms with E-state index in [1.807, 2.05) is 17.8 Å². The normalized spacial score (nSPS) is 26.6. The number of nitrogens with one attached hydrogen (secondary N) is 2. The minimum absolute atomic E-state index is 0.129. The third-order valence-electron chi connectivity index (χ3n) is 3.57. The summed E-state index contributed by atoms with van der Waals surface area (Å²) in [5.74, 6) is 1.32. The standard InChI is InChI=1S/C14H18N2OS/c1-9-6-12(8-18-9)15-11-3-4-13-10(7-11)2-5-14(17)16-13/h3-4,7,9,12,15H,2,5-6,8H2,1H3,(H,16,17). The van der Waals surface area contributed by atoms with Gasteiger partial charge in [-0.25, -0.2) is 0 Å². The van der Waals surface area contributed by atoms with Crippen LogP contribution in [0.1, 0.15) is 25.3 Å². The molecule has 0 spiro atoms. The molecule has 4 heteroatoms. The second kappa shape index (κ2) is 4.84. The van der Waals surface area contributed by atoms with Gasteiger partial charge in [-0.05, 0) is 36.6 Å². The molecule has 2 aliphatic heterocycles. The minimum atomic E-state index is 0.129. The summed E-state index contributed by atoms with van der Waals surface area (Å²) in [6.07, 6.45) is 2.69. The molecule has 2 aliphatic rings. The Labute approximate surface area is 112 Å². The van der Waals surface area contributed by atoms with Crippen LogP contribution in [0.3, 0.4) is 0 Å². The van der Waals surface area contributed by atoms with Crippen LogP contribution in [0.4, 0.5) is 11.4 Å². The van der Waals surface area contributed by atoms with Crippen molar-refractivity contribution < 1.29 is 4.79 Å². The maximum atomic E-state index is 11.3. The molecule has 1 saturated heterocycles. The van der Waals surface area contributed by atoms with Crippen LogP contribution in [0.5, 0.6) is 0 Å². The third kappa shape index (κ3) is 2.48. The van der Waals surface area contributed by atoms with Crippen molar-refractivity contribution in [1.82, 2.24) is 0 Å². The first kappa shape index (κ1) is 11.9. The number of anilines is 2. The Morgan fingerprint density at radius 1 is 1.39 bits per heavy atom. The maximum absolute atomic E-state index is 11.3. The average molecular weight is 262 g/mol. The number of aryl methyl sites for hydroxylation is 1. The first-order valence-electron chi connectivity index (χ1n) is 6.51. The molecule has 1 aromatic rings. The number of amides is 1. The van der Waals surface area contributed by atoms with Gasteiger partial charge in [0.2, 0.25) is 5.91 Å². The Kier molecular flexibility index (Phi) is 3.20. The number of hydrogen-bond acceptors (Lipinski definition) is 3. The summed E-state index contributed by atoms with van der Waals surface area (Å²) < 4.78 is 0. The topological polar surface area (TPSA) is 41.1 Å². The van der Waals surface area contributed by atoms with Crippen molar-refractivity contribution >= 4 is 29.0 Å². The highest BCUT2D eigenvalue weighted by Gasteiger charge is 2.22. The second-order valence-corrected chi connectivity index (χ2v) is 6.61. The average Bonchev–Trinajstić information content (AvgIpc) is 2.75. The van der Waals surface area contributed by atoms with Crippen molar-refractivity contribution in [2.45, 2.75) is 37.5 Å². The van der Waals surface area contributed by atoms with Gasteiger partial charge in [0.25, 0.3) is 0 Å². The van der Waals surface area contributed by atoms with Crippen molar-refractivity contribution in [3.05, 3.63) is 23.8 Å². The second-order valence-electron chi connectivity index (χ2n) is 5.14. The fourth-order valence-corrected chi connectivity index (χ4v) is 3.78. The van der Waals surface area contributed by atoms with E-state index in [1.54, 1.807) is 0 Å². The van der Waals surface area contributed by atoms with Crippen LogP contribution in [-0.4, -0.2) is 23.0 Å². The van der Waals surface area contributed by atoms with Crippen LogP contribution in [0.25, 0.3) is 0 Å². The predicted molar refractivity (Wildman–Crippen MR) is 77.3 cm³/mol. The highest BCUT2D eigenvalue weighted by Crippen LogP contribution is 2.30. The van der Waals surface area contributed by atoms with Crippen LogP contribution in [0.15, 0.2) is 18.2 Å². The van der Waals surface area contributed by atoms with Crippen LogP contribution in [0, 0.1) is 0 Å². The fourth-order valence-electron chi connectivity index (χ4n) is 2.63. The Bertz CT molecular complexity index is 475. The van der Waals surface area contributed by atoms with E-state index in [0.717, 1.165) is 17.4 Å². The molecule has 3 nitrogen and oxygen atoms in total. The van der Waals surface area contributed by atoms with E-state index in [2.05, 4.69) is 29.7 Å². The summed E-state index contributed by atoms with van der Waals surface area (Å²) in [6.45, 7) is 2.29. The Hall–Kier alpha value is -1.16. The van der Waals surface area contributed by atoms with Crippen molar-refractivity contribution in [3.63, 3.8) is 0 Å². The van der Waals surface area contributed by atoms with E-state index in [0.29, 0.717) is 12.5 Å². The van der Waals surface area contributed by atoms with Gasteiger partial charge in [0.1, 0.15) is 0 Å². The van der Waals surface area contributed by atoms with Gasteiger partial charge in [-0.15, -0.1) is 0 Å². The van der Waals surface area contributed by atoms with E-state index in [9.17, 15) is 4.79 Å². The van der Waals surface area contributed by atoms with Gasteiger partial charge in [0.15, 0.2) is 0 Å². The number of carbonyl (C=O) groups is 1. The van der Waals surface area contributed by atoms with Crippen molar-refractivity contribution in [2.24, 2.45) is 0 Å². The molecule has 2 heterocycles. The van der Waals surface area contributed by atoms with Gasteiger partial charge in [0.05, 0.1) is 0 Å². The molecule has 0 aromatic heterocycles. The smallest absolute Gasteiger partial charge is 0.224 e. The summed E-state index contributed by atoms with van der Waals surface area (Å²) >= 11 is 2.03. The van der Waals surface area contributed by atoms with Crippen LogP contribution in [-0.2, 0) is 11.2 Å². The largest absolute Gasteiger partial charge is 0.381 e. The molecule has 3 rings (SSSR count). The summed E-state index contributed by atoms with van der Waals surface area (Å²) in [7, 11) is 0. The summed E-state index contributed by atoms with van der Waals surface area (Å²) in [5.41, 5.74) is 3.41. The summed E-state index contributed by atoms with van der Waals surface area (Å²) in [5, 5.41) is 7.28. The molecule has 1 fully saturated rings. The van der Waals surface area contributed by atoms with Gasteiger partial charge >= 0.3 is 0 Å². The number of fused-ring (bicyclic) bond motifs is 1. The fraction of sp³-hybridized carbons (Fsp3) is 0.500. The van der Waals surface area contributed by atoms with E-state index >= 15 is 0 Å². The number of benzene rings is 1. The van der Waals surface area contributed by atoms with Gasteiger partial charge in [0, 0.05) is 34.8 Å². The molecule has 0 aliphatic carbocycles. The SMILES string of the molecule is CC1CC(Nc2ccc3c(c2)CCC(=O)N3)CS1. The monoisotopic (exact) mass is 262 g/mol. The maximum Gasteiger partial charge on any atom is 0.224 e. The molecule has 2 atom stereocenters. The van der Waals surface area contributed by atoms with Crippen LogP contribution < -0.4 is 10.6 Å². The first-order chi connectivity index (χ1) is 8.70. The number of rotatable bonds is 2. The quantitative estimate of drug-likeness (QED) is 0.861. The van der Waals surface area contributed by atoms with Crippen molar-refractivity contribution in [1.29, 1.82) is 0 Å². The van der Waals surface area contributed by atoms with Crippen LogP contribution in [0.2, 0.25) is 0 Å². The Balaban J connectivity index is 1.72. The molecule has 96 valence electrons. The highest BCUT2D eigenvalue weighted by molar-refractivity contribution is 8.00. The molecule has 18 heavy (non-hydrogen) atoms. The Morgan fingerprint density at radius 2 is 2.28 bits per heavy atom. The molecular formula is C14H18N2OS. The zero-order valence-corrected chi connectivity index (χ0v) is 11.3. The lowest BCUT2D eigenvalue weighted by Gasteiger charge is -2.19. The molecule has 0 saturated carbocycles. The Morgan fingerprint density at radius 3 is 3.06 bits per heavy atom. The van der Waals surface area contributed by atoms with Gasteiger partial charge in [-0.2, -0.15) is 11.8 Å². The molecule has 1 amide bonds. The number of carbonyl (C=O) groups excluding carboxylic acids is 1. The van der Waals surface area contributed by atoms with E-state index < -0.39 is 0 Å². The minimum Gasteiger partial charge on any atom is -0.381 e. The zero-order chi connectivity index (χ0) is 12.5. The predicted octanol–water partition coefficient (Wildman–Crippen LogP) is 2.88. The van der Waals surface area contributed by atoms with Gasteiger partial charge in [-0.1, -0.05) is 6.92 Å². The molecule has 1 aromatic carbocycles. The zero-order valence-electron chi connectivity index (χ0n) is 10.5. The number of thioether (sulfide) groups is 1.